The molecule has 0 aromatic carbocycles. The first-order chi connectivity index (χ1) is 11.9. The number of fused-ring (bicyclic) bond motifs is 1. The highest BCUT2D eigenvalue weighted by Gasteiger charge is 2.27. The molecule has 0 bridgehead atoms. The number of nitrogens with zero attached hydrogens (tertiary/aromatic N) is 3. The molecule has 7 nitrogen and oxygen atoms in total. The number of piperazine rings is 1. The van der Waals surface area contributed by atoms with Crippen LogP contribution in [0.15, 0.2) is 4.79 Å². The van der Waals surface area contributed by atoms with Gasteiger partial charge in [0.1, 0.15) is 10.7 Å². The molecule has 2 aromatic heterocycles. The summed E-state index contributed by atoms with van der Waals surface area (Å²) in [6.07, 6.45) is -0.257. The largest absolute Gasteiger partial charge is 0.450 e. The predicted molar refractivity (Wildman–Crippen MR) is 98.3 cm³/mol. The molecular formula is C17H24N4O3S. The van der Waals surface area contributed by atoms with Crippen LogP contribution < -0.4 is 5.56 Å². The number of aromatic amines is 1. The number of carbonyl (C=O) groups excluding carboxylic acids is 1. The van der Waals surface area contributed by atoms with Crippen LogP contribution in [0.3, 0.4) is 0 Å². The standard InChI is InChI=1S/C17H24N4O3S/c1-5-24-17(23)21-8-6-20(7-9-21)11(3)14-18-15(22)13-10(2)12(4)25-16(13)19-14/h11H,5-9H2,1-4H3,(H,18,19,22)/t11-/m1/s1. The summed E-state index contributed by atoms with van der Waals surface area (Å²) in [7, 11) is 0. The summed E-state index contributed by atoms with van der Waals surface area (Å²) in [4.78, 5) is 37.8. The van der Waals surface area contributed by atoms with Gasteiger partial charge in [-0.15, -0.1) is 11.3 Å². The zero-order chi connectivity index (χ0) is 18.1. The SMILES string of the molecule is CCOC(=O)N1CCN([C@H](C)c2nc3sc(C)c(C)c3c(=O)[nH]2)CC1. The fourth-order valence-corrected chi connectivity index (χ4v) is 4.19. The van der Waals surface area contributed by atoms with Gasteiger partial charge in [0, 0.05) is 31.1 Å². The Balaban J connectivity index is 1.76. The number of thiophene rings is 1. The number of nitrogens with one attached hydrogen (secondary N) is 1. The minimum Gasteiger partial charge on any atom is -0.450 e. The average Bonchev–Trinajstić information content (AvgIpc) is 2.89. The Kier molecular flexibility index (Phi) is 5.10. The fourth-order valence-electron chi connectivity index (χ4n) is 3.15. The number of carbonyl (C=O) groups is 1. The topological polar surface area (TPSA) is 78.5 Å². The third kappa shape index (κ3) is 3.41. The predicted octanol–water partition coefficient (Wildman–Crippen LogP) is 2.44. The second-order valence-electron chi connectivity index (χ2n) is 6.31. The van der Waals surface area contributed by atoms with Crippen molar-refractivity contribution in [1.82, 2.24) is 19.8 Å². The van der Waals surface area contributed by atoms with Crippen LogP contribution in [0.5, 0.6) is 0 Å². The highest BCUT2D eigenvalue weighted by atomic mass is 32.1. The number of hydrogen-bond donors (Lipinski definition) is 1. The second kappa shape index (κ2) is 7.13. The molecule has 1 saturated heterocycles. The molecule has 0 unspecified atom stereocenters. The minimum absolute atomic E-state index is 0.0100. The van der Waals surface area contributed by atoms with Crippen molar-refractivity contribution >= 4 is 27.6 Å². The molecule has 1 N–H and O–H groups in total. The van der Waals surface area contributed by atoms with Gasteiger partial charge in [0.25, 0.3) is 5.56 Å². The zero-order valence-electron chi connectivity index (χ0n) is 15.1. The van der Waals surface area contributed by atoms with E-state index in [0.717, 1.165) is 28.4 Å². The fraction of sp³-hybridized carbons (Fsp3) is 0.588. The van der Waals surface area contributed by atoms with Crippen molar-refractivity contribution in [2.24, 2.45) is 0 Å². The van der Waals surface area contributed by atoms with Crippen LogP contribution in [0.2, 0.25) is 0 Å². The highest BCUT2D eigenvalue weighted by Crippen LogP contribution is 2.27. The van der Waals surface area contributed by atoms with Gasteiger partial charge in [0.15, 0.2) is 0 Å². The third-order valence-corrected chi connectivity index (χ3v) is 5.94. The molecule has 1 aliphatic heterocycles. The van der Waals surface area contributed by atoms with Gasteiger partial charge in [-0.05, 0) is 33.3 Å². The first-order valence-electron chi connectivity index (χ1n) is 8.58. The van der Waals surface area contributed by atoms with Crippen molar-refractivity contribution in [1.29, 1.82) is 0 Å². The number of ether oxygens (including phenoxy) is 1. The molecular weight excluding hydrogens is 340 g/mol. The van der Waals surface area contributed by atoms with E-state index < -0.39 is 0 Å². The van der Waals surface area contributed by atoms with E-state index >= 15 is 0 Å². The zero-order valence-corrected chi connectivity index (χ0v) is 15.9. The van der Waals surface area contributed by atoms with Crippen LogP contribution in [0.4, 0.5) is 4.79 Å². The number of aromatic nitrogens is 2. The summed E-state index contributed by atoms with van der Waals surface area (Å²) in [6.45, 7) is 10.9. The molecule has 25 heavy (non-hydrogen) atoms. The van der Waals surface area contributed by atoms with Gasteiger partial charge in [0.2, 0.25) is 0 Å². The molecule has 1 fully saturated rings. The normalized spacial score (nSPS) is 17.0. The highest BCUT2D eigenvalue weighted by molar-refractivity contribution is 7.18. The van der Waals surface area contributed by atoms with Crippen molar-refractivity contribution in [2.75, 3.05) is 32.8 Å². The Morgan fingerprint density at radius 2 is 2.00 bits per heavy atom. The van der Waals surface area contributed by atoms with E-state index in [0.29, 0.717) is 30.9 Å². The second-order valence-corrected chi connectivity index (χ2v) is 7.52. The van der Waals surface area contributed by atoms with Crippen molar-refractivity contribution in [3.05, 3.63) is 26.6 Å². The Morgan fingerprint density at radius 3 is 2.64 bits per heavy atom. The molecule has 1 atom stereocenters. The molecule has 2 aromatic rings. The number of aryl methyl sites for hydroxylation is 2. The van der Waals surface area contributed by atoms with E-state index in [4.69, 9.17) is 9.72 Å². The van der Waals surface area contributed by atoms with Gasteiger partial charge in [0.05, 0.1) is 18.0 Å². The van der Waals surface area contributed by atoms with Gasteiger partial charge in [-0.3, -0.25) is 9.69 Å². The first kappa shape index (κ1) is 17.9. The average molecular weight is 364 g/mol. The first-order valence-corrected chi connectivity index (χ1v) is 9.39. The molecule has 1 amide bonds. The van der Waals surface area contributed by atoms with Crippen LogP contribution in [0.25, 0.3) is 10.2 Å². The molecule has 0 spiro atoms. The lowest BCUT2D eigenvalue weighted by atomic mass is 10.2. The summed E-state index contributed by atoms with van der Waals surface area (Å²) in [5.74, 6) is 0.684. The van der Waals surface area contributed by atoms with Crippen LogP contribution >= 0.6 is 11.3 Å². The van der Waals surface area contributed by atoms with Crippen molar-refractivity contribution in [3.63, 3.8) is 0 Å². The monoisotopic (exact) mass is 364 g/mol. The van der Waals surface area contributed by atoms with Gasteiger partial charge in [-0.25, -0.2) is 9.78 Å². The Bertz CT molecular complexity index is 836. The number of hydrogen-bond acceptors (Lipinski definition) is 6. The molecule has 0 radical (unpaired) electrons. The van der Waals surface area contributed by atoms with Gasteiger partial charge < -0.3 is 14.6 Å². The maximum absolute atomic E-state index is 12.5. The number of H-pyrrole nitrogens is 1. The lowest BCUT2D eigenvalue weighted by Gasteiger charge is -2.36. The quantitative estimate of drug-likeness (QED) is 0.905. The molecule has 3 heterocycles. The Morgan fingerprint density at radius 1 is 1.32 bits per heavy atom. The van der Waals surface area contributed by atoms with Crippen molar-refractivity contribution in [3.8, 4) is 0 Å². The summed E-state index contributed by atoms with van der Waals surface area (Å²) in [5.41, 5.74) is 0.940. The van der Waals surface area contributed by atoms with Crippen LogP contribution in [0.1, 0.15) is 36.2 Å². The lowest BCUT2D eigenvalue weighted by molar-refractivity contribution is 0.0673. The molecule has 1 aliphatic rings. The van der Waals surface area contributed by atoms with Crippen molar-refractivity contribution in [2.45, 2.75) is 33.7 Å². The van der Waals surface area contributed by atoms with Crippen LogP contribution in [0, 0.1) is 13.8 Å². The van der Waals surface area contributed by atoms with E-state index in [9.17, 15) is 9.59 Å². The van der Waals surface area contributed by atoms with E-state index in [2.05, 4.69) is 9.88 Å². The van der Waals surface area contributed by atoms with E-state index in [1.54, 1.807) is 16.2 Å². The molecule has 0 aliphatic carbocycles. The Hall–Kier alpha value is -1.93. The summed E-state index contributed by atoms with van der Waals surface area (Å²) in [6, 6.07) is -0.0100. The van der Waals surface area contributed by atoms with E-state index in [-0.39, 0.29) is 17.7 Å². The van der Waals surface area contributed by atoms with E-state index in [1.807, 2.05) is 27.7 Å². The number of rotatable bonds is 3. The molecule has 0 saturated carbocycles. The maximum Gasteiger partial charge on any atom is 0.409 e. The smallest absolute Gasteiger partial charge is 0.409 e. The molecule has 136 valence electrons. The van der Waals surface area contributed by atoms with Crippen LogP contribution in [-0.4, -0.2) is 58.6 Å². The number of amides is 1. The molecule has 3 rings (SSSR count). The third-order valence-electron chi connectivity index (χ3n) is 4.84. The van der Waals surface area contributed by atoms with Gasteiger partial charge >= 0.3 is 6.09 Å². The van der Waals surface area contributed by atoms with E-state index in [1.165, 1.54) is 0 Å². The van der Waals surface area contributed by atoms with Gasteiger partial charge in [-0.2, -0.15) is 0 Å². The Labute approximate surface area is 150 Å². The maximum atomic E-state index is 12.5. The van der Waals surface area contributed by atoms with Crippen molar-refractivity contribution < 1.29 is 9.53 Å². The summed E-state index contributed by atoms with van der Waals surface area (Å²) in [5, 5.41) is 0.700. The molecule has 8 heteroatoms. The summed E-state index contributed by atoms with van der Waals surface area (Å²) < 4.78 is 5.05. The van der Waals surface area contributed by atoms with Gasteiger partial charge in [-0.1, -0.05) is 0 Å². The summed E-state index contributed by atoms with van der Waals surface area (Å²) >= 11 is 1.56. The lowest BCUT2D eigenvalue weighted by Crippen LogP contribution is -2.49. The minimum atomic E-state index is -0.257. The van der Waals surface area contributed by atoms with Crippen LogP contribution in [-0.2, 0) is 4.74 Å².